The maximum Gasteiger partial charge on any atom is 0.129 e. The Balaban J connectivity index is 2.13. The second-order valence-electron chi connectivity index (χ2n) is 3.63. The van der Waals surface area contributed by atoms with E-state index in [4.69, 9.17) is 16.3 Å². The quantitative estimate of drug-likeness (QED) is 0.771. The molecular formula is C13H8BrClF2O. The van der Waals surface area contributed by atoms with Gasteiger partial charge in [-0.25, -0.2) is 8.78 Å². The predicted octanol–water partition coefficient (Wildman–Crippen LogP) is 4.96. The van der Waals surface area contributed by atoms with Crippen LogP contribution in [0, 0.1) is 11.6 Å². The maximum absolute atomic E-state index is 13.4. The highest BCUT2D eigenvalue weighted by Crippen LogP contribution is 2.22. The van der Waals surface area contributed by atoms with Crippen LogP contribution in [0.25, 0.3) is 0 Å². The van der Waals surface area contributed by atoms with Crippen molar-refractivity contribution in [2.75, 3.05) is 0 Å². The highest BCUT2D eigenvalue weighted by atomic mass is 79.9. The molecule has 0 unspecified atom stereocenters. The molecule has 0 aliphatic heterocycles. The highest BCUT2D eigenvalue weighted by Gasteiger charge is 2.05. The zero-order valence-electron chi connectivity index (χ0n) is 9.09. The van der Waals surface area contributed by atoms with Crippen LogP contribution in [0.2, 0.25) is 5.02 Å². The molecule has 2 rings (SSSR count). The summed E-state index contributed by atoms with van der Waals surface area (Å²) in [5, 5.41) is 0.426. The van der Waals surface area contributed by atoms with Crippen molar-refractivity contribution in [3.63, 3.8) is 0 Å². The van der Waals surface area contributed by atoms with Crippen molar-refractivity contribution in [3.05, 3.63) is 63.1 Å². The lowest BCUT2D eigenvalue weighted by atomic mass is 10.2. The van der Waals surface area contributed by atoms with Gasteiger partial charge in [0.1, 0.15) is 24.0 Å². The molecule has 0 heterocycles. The van der Waals surface area contributed by atoms with E-state index in [2.05, 4.69) is 15.9 Å². The van der Waals surface area contributed by atoms with Crippen molar-refractivity contribution in [1.29, 1.82) is 0 Å². The molecule has 0 N–H and O–H groups in total. The Bertz CT molecular complexity index is 555. The summed E-state index contributed by atoms with van der Waals surface area (Å²) in [6.07, 6.45) is 0. The highest BCUT2D eigenvalue weighted by molar-refractivity contribution is 9.10. The second-order valence-corrected chi connectivity index (χ2v) is 4.98. The number of rotatable bonds is 3. The summed E-state index contributed by atoms with van der Waals surface area (Å²) in [4.78, 5) is 0. The lowest BCUT2D eigenvalue weighted by Gasteiger charge is -2.08. The first-order chi connectivity index (χ1) is 8.54. The Labute approximate surface area is 116 Å². The van der Waals surface area contributed by atoms with Gasteiger partial charge in [-0.3, -0.25) is 0 Å². The summed E-state index contributed by atoms with van der Waals surface area (Å²) in [7, 11) is 0. The van der Waals surface area contributed by atoms with Crippen molar-refractivity contribution < 1.29 is 13.5 Å². The molecular weight excluding hydrogens is 325 g/mol. The lowest BCUT2D eigenvalue weighted by molar-refractivity contribution is 0.298. The van der Waals surface area contributed by atoms with Crippen LogP contribution in [-0.4, -0.2) is 0 Å². The summed E-state index contributed by atoms with van der Waals surface area (Å²) < 4.78 is 32.4. The SMILES string of the molecule is Fc1cc(Br)cc(OCc2cc(Cl)ccc2F)c1. The minimum atomic E-state index is -0.425. The minimum absolute atomic E-state index is 0.0116. The summed E-state index contributed by atoms with van der Waals surface area (Å²) in [6, 6.07) is 8.35. The van der Waals surface area contributed by atoms with E-state index in [1.807, 2.05) is 0 Å². The Morgan fingerprint density at radius 1 is 1.11 bits per heavy atom. The summed E-state index contributed by atoms with van der Waals surface area (Å²) in [6.45, 7) is -0.0116. The number of hydrogen-bond donors (Lipinski definition) is 0. The fourth-order valence-corrected chi connectivity index (χ4v) is 2.07. The molecule has 5 heteroatoms. The summed E-state index contributed by atoms with van der Waals surface area (Å²) >= 11 is 8.91. The fraction of sp³-hybridized carbons (Fsp3) is 0.0769. The Kier molecular flexibility index (Phi) is 4.19. The van der Waals surface area contributed by atoms with E-state index < -0.39 is 11.6 Å². The van der Waals surface area contributed by atoms with Gasteiger partial charge in [-0.15, -0.1) is 0 Å². The van der Waals surface area contributed by atoms with Gasteiger partial charge in [0.05, 0.1) is 0 Å². The van der Waals surface area contributed by atoms with Crippen molar-refractivity contribution in [1.82, 2.24) is 0 Å². The molecule has 18 heavy (non-hydrogen) atoms. The first kappa shape index (κ1) is 13.3. The van der Waals surface area contributed by atoms with Crippen LogP contribution < -0.4 is 4.74 Å². The van der Waals surface area contributed by atoms with E-state index in [1.165, 1.54) is 30.3 Å². The van der Waals surface area contributed by atoms with Crippen LogP contribution in [0.3, 0.4) is 0 Å². The molecule has 2 aromatic rings. The third-order valence-electron chi connectivity index (χ3n) is 2.24. The van der Waals surface area contributed by atoms with E-state index in [0.717, 1.165) is 0 Å². The lowest BCUT2D eigenvalue weighted by Crippen LogP contribution is -1.98. The van der Waals surface area contributed by atoms with Crippen LogP contribution >= 0.6 is 27.5 Å². The molecule has 0 saturated carbocycles. The van der Waals surface area contributed by atoms with Crippen LogP contribution in [-0.2, 0) is 6.61 Å². The van der Waals surface area contributed by atoms with Gasteiger partial charge in [-0.1, -0.05) is 27.5 Å². The fourth-order valence-electron chi connectivity index (χ4n) is 1.43. The van der Waals surface area contributed by atoms with Crippen LogP contribution in [0.15, 0.2) is 40.9 Å². The summed E-state index contributed by atoms with van der Waals surface area (Å²) in [5.74, 6) is -0.512. The van der Waals surface area contributed by atoms with E-state index in [9.17, 15) is 8.78 Å². The van der Waals surface area contributed by atoms with Gasteiger partial charge in [0.2, 0.25) is 0 Å². The second kappa shape index (κ2) is 5.67. The third-order valence-corrected chi connectivity index (χ3v) is 2.93. The topological polar surface area (TPSA) is 9.23 Å². The largest absolute Gasteiger partial charge is 0.489 e. The molecule has 0 spiro atoms. The molecule has 0 radical (unpaired) electrons. The van der Waals surface area contributed by atoms with Crippen LogP contribution in [0.4, 0.5) is 8.78 Å². The molecule has 94 valence electrons. The number of ether oxygens (including phenoxy) is 1. The monoisotopic (exact) mass is 332 g/mol. The number of benzene rings is 2. The molecule has 2 aromatic carbocycles. The molecule has 0 aliphatic rings. The Hall–Kier alpha value is -1.13. The van der Waals surface area contributed by atoms with Crippen molar-refractivity contribution >= 4 is 27.5 Å². The molecule has 0 saturated heterocycles. The van der Waals surface area contributed by atoms with Gasteiger partial charge in [0.15, 0.2) is 0 Å². The van der Waals surface area contributed by atoms with Crippen molar-refractivity contribution in [2.24, 2.45) is 0 Å². The smallest absolute Gasteiger partial charge is 0.129 e. The standard InChI is InChI=1S/C13H8BrClF2O/c14-9-4-11(16)6-12(5-9)18-7-8-3-10(15)1-2-13(8)17/h1-6H,7H2. The van der Waals surface area contributed by atoms with Crippen LogP contribution in [0.1, 0.15) is 5.56 Å². The zero-order chi connectivity index (χ0) is 13.1. The first-order valence-electron chi connectivity index (χ1n) is 5.07. The molecule has 0 aliphatic carbocycles. The molecule has 1 nitrogen and oxygen atoms in total. The first-order valence-corrected chi connectivity index (χ1v) is 6.24. The van der Waals surface area contributed by atoms with E-state index >= 15 is 0 Å². The average Bonchev–Trinajstić information content (AvgIpc) is 2.29. The molecule has 0 atom stereocenters. The number of hydrogen-bond acceptors (Lipinski definition) is 1. The van der Waals surface area contributed by atoms with E-state index in [0.29, 0.717) is 20.8 Å². The Morgan fingerprint density at radius 3 is 2.61 bits per heavy atom. The van der Waals surface area contributed by atoms with Gasteiger partial charge >= 0.3 is 0 Å². The average molecular weight is 334 g/mol. The van der Waals surface area contributed by atoms with Gasteiger partial charge in [0, 0.05) is 21.1 Å². The minimum Gasteiger partial charge on any atom is -0.489 e. The number of halogens is 4. The van der Waals surface area contributed by atoms with Crippen molar-refractivity contribution in [3.8, 4) is 5.75 Å². The third kappa shape index (κ3) is 3.43. The van der Waals surface area contributed by atoms with E-state index in [1.54, 1.807) is 6.07 Å². The molecule has 0 fully saturated rings. The van der Waals surface area contributed by atoms with Crippen LogP contribution in [0.5, 0.6) is 5.75 Å². The zero-order valence-corrected chi connectivity index (χ0v) is 11.4. The van der Waals surface area contributed by atoms with E-state index in [-0.39, 0.29) is 6.61 Å². The molecule has 0 bridgehead atoms. The van der Waals surface area contributed by atoms with Crippen molar-refractivity contribution in [2.45, 2.75) is 6.61 Å². The molecule has 0 aromatic heterocycles. The molecule has 0 amide bonds. The Morgan fingerprint density at radius 2 is 1.89 bits per heavy atom. The van der Waals surface area contributed by atoms with Gasteiger partial charge < -0.3 is 4.74 Å². The van der Waals surface area contributed by atoms with Gasteiger partial charge in [0.25, 0.3) is 0 Å². The maximum atomic E-state index is 13.4. The normalized spacial score (nSPS) is 10.4. The predicted molar refractivity (Wildman–Crippen MR) is 69.8 cm³/mol. The van der Waals surface area contributed by atoms with Gasteiger partial charge in [-0.2, -0.15) is 0 Å². The summed E-state index contributed by atoms with van der Waals surface area (Å²) in [5.41, 5.74) is 0.322. The van der Waals surface area contributed by atoms with Gasteiger partial charge in [-0.05, 0) is 30.3 Å².